The summed E-state index contributed by atoms with van der Waals surface area (Å²) in [6.45, 7) is 0. The van der Waals surface area contributed by atoms with Gasteiger partial charge < -0.3 is 0 Å². The normalized spacial score (nSPS) is 11.3. The van der Waals surface area contributed by atoms with Gasteiger partial charge in [-0.2, -0.15) is 0 Å². The molecule has 4 heteroatoms. The Morgan fingerprint density at radius 2 is 0.625 bits per heavy atom. The molecule has 0 radical (unpaired) electrons. The lowest BCUT2D eigenvalue weighted by Crippen LogP contribution is -1.61. The van der Waals surface area contributed by atoms with Crippen molar-refractivity contribution in [2.45, 2.75) is 0 Å². The Morgan fingerprint density at radius 3 is 0.875 bits per heavy atom. The molecule has 0 nitrogen and oxygen atoms in total. The summed E-state index contributed by atoms with van der Waals surface area (Å²) >= 11 is 7.24. The summed E-state index contributed by atoms with van der Waals surface area (Å²) in [6, 6.07) is 17.8. The molecule has 0 aliphatic carbocycles. The number of rotatable bonds is 0. The summed E-state index contributed by atoms with van der Waals surface area (Å²) in [7, 11) is 0. The van der Waals surface area contributed by atoms with Crippen LogP contribution >= 0.6 is 45.3 Å². The second kappa shape index (κ2) is 5.97. The van der Waals surface area contributed by atoms with Crippen LogP contribution in [0.5, 0.6) is 0 Å². The first-order valence-electron chi connectivity index (χ1n) is 7.56. The average Bonchev–Trinajstić information content (AvgIpc) is 3.35. The molecule has 0 spiro atoms. The summed E-state index contributed by atoms with van der Waals surface area (Å²) in [5.74, 6) is 0. The molecule has 0 fully saturated rings. The molecule has 4 heterocycles. The van der Waals surface area contributed by atoms with Gasteiger partial charge in [0.25, 0.3) is 0 Å². The lowest BCUT2D eigenvalue weighted by Gasteiger charge is -1.89. The lowest BCUT2D eigenvalue weighted by molar-refractivity contribution is 2.04. The number of hydrogen-bond donors (Lipinski definition) is 0. The summed E-state index contributed by atoms with van der Waals surface area (Å²) in [4.78, 5) is 0. The van der Waals surface area contributed by atoms with Crippen LogP contribution in [0.4, 0.5) is 0 Å². The van der Waals surface area contributed by atoms with Crippen molar-refractivity contribution in [2.75, 3.05) is 0 Å². The highest BCUT2D eigenvalue weighted by Gasteiger charge is 1.99. The van der Waals surface area contributed by atoms with Crippen molar-refractivity contribution in [1.82, 2.24) is 0 Å². The van der Waals surface area contributed by atoms with Crippen molar-refractivity contribution < 1.29 is 0 Å². The Labute approximate surface area is 155 Å². The number of benzene rings is 2. The van der Waals surface area contributed by atoms with Crippen molar-refractivity contribution >= 4 is 85.7 Å². The fraction of sp³-hybridized carbons (Fsp3) is 0. The Balaban J connectivity index is 0.000000109. The SMILES string of the molecule is c1cc2cc3sccc3cc2s1.c1cc2cc3sccc3cc2s1. The van der Waals surface area contributed by atoms with E-state index in [2.05, 4.69) is 70.1 Å². The first-order valence-corrected chi connectivity index (χ1v) is 11.1. The molecule has 0 saturated heterocycles. The molecule has 0 aliphatic heterocycles. The monoisotopic (exact) mass is 380 g/mol. The maximum absolute atomic E-state index is 2.27. The minimum absolute atomic E-state index is 1.37. The third-order valence-corrected chi connectivity index (χ3v) is 7.57. The molecule has 4 aromatic heterocycles. The van der Waals surface area contributed by atoms with Crippen LogP contribution < -0.4 is 0 Å². The molecule has 2 aromatic carbocycles. The van der Waals surface area contributed by atoms with Gasteiger partial charge in [-0.3, -0.25) is 0 Å². The van der Waals surface area contributed by atoms with E-state index in [0.717, 1.165) is 0 Å². The van der Waals surface area contributed by atoms with E-state index in [-0.39, 0.29) is 0 Å². The zero-order chi connectivity index (χ0) is 15.9. The van der Waals surface area contributed by atoms with Gasteiger partial charge in [0.05, 0.1) is 0 Å². The maximum Gasteiger partial charge on any atom is 0.0349 e. The quantitative estimate of drug-likeness (QED) is 0.249. The molecule has 116 valence electrons. The highest BCUT2D eigenvalue weighted by Crippen LogP contribution is 2.30. The molecule has 6 aromatic rings. The molecule has 24 heavy (non-hydrogen) atoms. The maximum atomic E-state index is 2.27. The standard InChI is InChI=1S/2C10H6S2/c2*1-3-11-9-6-8-2-4-12-10(8)5-7(1)9/h2*1-6H. The fourth-order valence-corrected chi connectivity index (χ4v) is 6.11. The van der Waals surface area contributed by atoms with Gasteiger partial charge >= 0.3 is 0 Å². The van der Waals surface area contributed by atoms with Gasteiger partial charge in [-0.25, -0.2) is 0 Å². The van der Waals surface area contributed by atoms with E-state index in [1.54, 1.807) is 0 Å². The topological polar surface area (TPSA) is 0 Å². The molecule has 0 N–H and O–H groups in total. The first-order chi connectivity index (χ1) is 11.9. The largest absolute Gasteiger partial charge is 0.144 e. The van der Waals surface area contributed by atoms with Crippen molar-refractivity contribution in [1.29, 1.82) is 0 Å². The van der Waals surface area contributed by atoms with Gasteiger partial charge in [-0.15, -0.1) is 45.3 Å². The van der Waals surface area contributed by atoms with Crippen LogP contribution in [0.25, 0.3) is 40.3 Å². The van der Waals surface area contributed by atoms with Gasteiger partial charge in [0.15, 0.2) is 0 Å². The third kappa shape index (κ3) is 2.56. The molecule has 0 unspecified atom stereocenters. The third-order valence-electron chi connectivity index (χ3n) is 4.05. The lowest BCUT2D eigenvalue weighted by atomic mass is 10.2. The summed E-state index contributed by atoms with van der Waals surface area (Å²) in [5.41, 5.74) is 0. The van der Waals surface area contributed by atoms with E-state index in [1.807, 2.05) is 45.3 Å². The highest BCUT2D eigenvalue weighted by molar-refractivity contribution is 7.19. The first kappa shape index (κ1) is 14.6. The molecule has 0 aliphatic rings. The number of thiophene rings is 4. The van der Waals surface area contributed by atoms with Gasteiger partial charge in [-0.05, 0) is 91.6 Å². The summed E-state index contributed by atoms with van der Waals surface area (Å²) in [5, 5.41) is 14.1. The summed E-state index contributed by atoms with van der Waals surface area (Å²) in [6.07, 6.45) is 0. The van der Waals surface area contributed by atoms with Gasteiger partial charge in [0.2, 0.25) is 0 Å². The van der Waals surface area contributed by atoms with E-state index in [9.17, 15) is 0 Å². The molecule has 0 saturated carbocycles. The predicted octanol–water partition coefficient (Wildman–Crippen LogP) is 8.23. The van der Waals surface area contributed by atoms with Crippen molar-refractivity contribution in [2.24, 2.45) is 0 Å². The van der Waals surface area contributed by atoms with Crippen LogP contribution in [0.2, 0.25) is 0 Å². The fourth-order valence-electron chi connectivity index (χ4n) is 2.83. The minimum atomic E-state index is 1.37. The van der Waals surface area contributed by atoms with Gasteiger partial charge in [-0.1, -0.05) is 0 Å². The smallest absolute Gasteiger partial charge is 0.0349 e. The van der Waals surface area contributed by atoms with Gasteiger partial charge in [0.1, 0.15) is 0 Å². The number of fused-ring (bicyclic) bond motifs is 4. The van der Waals surface area contributed by atoms with E-state index in [4.69, 9.17) is 0 Å². The minimum Gasteiger partial charge on any atom is -0.144 e. The van der Waals surface area contributed by atoms with Crippen LogP contribution in [-0.2, 0) is 0 Å². The van der Waals surface area contributed by atoms with Crippen molar-refractivity contribution in [3.05, 3.63) is 70.1 Å². The van der Waals surface area contributed by atoms with E-state index in [0.29, 0.717) is 0 Å². The van der Waals surface area contributed by atoms with Gasteiger partial charge in [0, 0.05) is 18.8 Å². The van der Waals surface area contributed by atoms with E-state index in [1.165, 1.54) is 40.3 Å². The zero-order valence-corrected chi connectivity index (χ0v) is 15.8. The Kier molecular flexibility index (Phi) is 3.64. The number of hydrogen-bond acceptors (Lipinski definition) is 4. The molecule has 0 amide bonds. The Morgan fingerprint density at radius 1 is 0.375 bits per heavy atom. The zero-order valence-electron chi connectivity index (χ0n) is 12.6. The summed E-state index contributed by atoms with van der Waals surface area (Å²) < 4.78 is 5.56. The van der Waals surface area contributed by atoms with E-state index < -0.39 is 0 Å². The van der Waals surface area contributed by atoms with Crippen molar-refractivity contribution in [3.8, 4) is 0 Å². The average molecular weight is 381 g/mol. The van der Waals surface area contributed by atoms with E-state index >= 15 is 0 Å². The van der Waals surface area contributed by atoms with Crippen LogP contribution in [0.3, 0.4) is 0 Å². The van der Waals surface area contributed by atoms with Crippen LogP contribution in [0.15, 0.2) is 70.1 Å². The van der Waals surface area contributed by atoms with Crippen molar-refractivity contribution in [3.63, 3.8) is 0 Å². The Bertz CT molecular complexity index is 980. The second-order valence-electron chi connectivity index (χ2n) is 5.54. The van der Waals surface area contributed by atoms with Crippen LogP contribution in [0, 0.1) is 0 Å². The second-order valence-corrected chi connectivity index (χ2v) is 9.33. The molecular weight excluding hydrogens is 368 g/mol. The molecule has 6 rings (SSSR count). The molecule has 0 bridgehead atoms. The molecule has 0 atom stereocenters. The molecular formula is C20H12S4. The highest BCUT2D eigenvalue weighted by atomic mass is 32.1. The van der Waals surface area contributed by atoms with Crippen LogP contribution in [-0.4, -0.2) is 0 Å². The Hall–Kier alpha value is -1.72. The van der Waals surface area contributed by atoms with Crippen LogP contribution in [0.1, 0.15) is 0 Å². The predicted molar refractivity (Wildman–Crippen MR) is 114 cm³/mol.